The lowest BCUT2D eigenvalue weighted by Gasteiger charge is -2.22. The molecule has 0 aromatic heterocycles. The van der Waals surface area contributed by atoms with Crippen LogP contribution in [0.25, 0.3) is 0 Å². The first-order valence-corrected chi connectivity index (χ1v) is 7.47. The normalized spacial score (nSPS) is 11.0. The zero-order valence-corrected chi connectivity index (χ0v) is 12.9. The molecule has 0 saturated carbocycles. The molecule has 0 aliphatic rings. The van der Waals surface area contributed by atoms with E-state index >= 15 is 0 Å². The van der Waals surface area contributed by atoms with Gasteiger partial charge in [0.15, 0.2) is 0 Å². The minimum atomic E-state index is -0.326. The van der Waals surface area contributed by atoms with Gasteiger partial charge < -0.3 is 5.73 Å². The van der Waals surface area contributed by atoms with Gasteiger partial charge >= 0.3 is 0 Å². The molecule has 2 nitrogen and oxygen atoms in total. The Morgan fingerprint density at radius 3 is 2.62 bits per heavy atom. The maximum absolute atomic E-state index is 14.0. The van der Waals surface area contributed by atoms with Gasteiger partial charge in [0.25, 0.3) is 0 Å². The fraction of sp³-hybridized carbons (Fsp3) is 0.294. The smallest absolute Gasteiger partial charge is 0.146 e. The van der Waals surface area contributed by atoms with Crippen LogP contribution in [0.15, 0.2) is 42.5 Å². The van der Waals surface area contributed by atoms with E-state index in [2.05, 4.69) is 11.8 Å². The summed E-state index contributed by atoms with van der Waals surface area (Å²) in [5, 5.41) is 0.174. The van der Waals surface area contributed by atoms with Crippen molar-refractivity contribution in [3.05, 3.63) is 64.4 Å². The zero-order chi connectivity index (χ0) is 15.2. The summed E-state index contributed by atoms with van der Waals surface area (Å²) in [6, 6.07) is 12.9. The van der Waals surface area contributed by atoms with Gasteiger partial charge in [0.2, 0.25) is 0 Å². The standard InChI is InChI=1S/C17H20ClFN2/c1-2-9-21(11-13-5-3-7-15(20)10-13)12-14-6-4-8-16(18)17(14)19/h3-8,10H,2,9,11-12,20H2,1H3. The second-order valence-electron chi connectivity index (χ2n) is 5.17. The Morgan fingerprint density at radius 1 is 1.14 bits per heavy atom. The molecule has 0 spiro atoms. The average molecular weight is 307 g/mol. The van der Waals surface area contributed by atoms with Crippen LogP contribution in [-0.4, -0.2) is 11.4 Å². The highest BCUT2D eigenvalue weighted by Gasteiger charge is 2.11. The molecule has 0 saturated heterocycles. The lowest BCUT2D eigenvalue weighted by molar-refractivity contribution is 0.254. The number of nitrogens with two attached hydrogens (primary N) is 1. The Bertz CT molecular complexity index is 601. The molecule has 21 heavy (non-hydrogen) atoms. The predicted molar refractivity (Wildman–Crippen MR) is 86.7 cm³/mol. The number of rotatable bonds is 6. The first-order valence-electron chi connectivity index (χ1n) is 7.09. The van der Waals surface area contributed by atoms with Gasteiger partial charge in [-0.15, -0.1) is 0 Å². The van der Waals surface area contributed by atoms with E-state index in [1.165, 1.54) is 0 Å². The quantitative estimate of drug-likeness (QED) is 0.798. The molecular formula is C17H20ClFN2. The van der Waals surface area contributed by atoms with Crippen molar-refractivity contribution in [2.75, 3.05) is 12.3 Å². The molecule has 0 atom stereocenters. The Balaban J connectivity index is 2.13. The van der Waals surface area contributed by atoms with Gasteiger partial charge in [0.05, 0.1) is 5.02 Å². The zero-order valence-electron chi connectivity index (χ0n) is 12.2. The van der Waals surface area contributed by atoms with Crippen molar-refractivity contribution >= 4 is 17.3 Å². The third-order valence-electron chi connectivity index (χ3n) is 3.32. The fourth-order valence-electron chi connectivity index (χ4n) is 2.39. The van der Waals surface area contributed by atoms with Crippen LogP contribution in [-0.2, 0) is 13.1 Å². The van der Waals surface area contributed by atoms with Crippen molar-refractivity contribution in [3.8, 4) is 0 Å². The second kappa shape index (κ2) is 7.43. The van der Waals surface area contributed by atoms with E-state index < -0.39 is 0 Å². The molecule has 112 valence electrons. The summed E-state index contributed by atoms with van der Waals surface area (Å²) in [5.41, 5.74) is 8.31. The van der Waals surface area contributed by atoms with Crippen LogP contribution < -0.4 is 5.73 Å². The van der Waals surface area contributed by atoms with Gasteiger partial charge in [0.1, 0.15) is 5.82 Å². The van der Waals surface area contributed by atoms with E-state index in [0.29, 0.717) is 12.1 Å². The van der Waals surface area contributed by atoms with E-state index in [0.717, 1.165) is 30.8 Å². The Labute approximate surface area is 130 Å². The number of benzene rings is 2. The maximum atomic E-state index is 14.0. The van der Waals surface area contributed by atoms with E-state index in [1.807, 2.05) is 24.3 Å². The third kappa shape index (κ3) is 4.45. The Kier molecular flexibility index (Phi) is 5.59. The summed E-state index contributed by atoms with van der Waals surface area (Å²) in [6.45, 7) is 4.28. The van der Waals surface area contributed by atoms with E-state index in [1.54, 1.807) is 18.2 Å². The third-order valence-corrected chi connectivity index (χ3v) is 3.61. The molecule has 4 heteroatoms. The van der Waals surface area contributed by atoms with Gasteiger partial charge in [-0.3, -0.25) is 4.90 Å². The number of anilines is 1. The topological polar surface area (TPSA) is 29.3 Å². The molecular weight excluding hydrogens is 287 g/mol. The van der Waals surface area contributed by atoms with Crippen molar-refractivity contribution in [1.82, 2.24) is 4.90 Å². The Hall–Kier alpha value is -1.58. The molecule has 0 heterocycles. The lowest BCUT2D eigenvalue weighted by Crippen LogP contribution is -2.24. The molecule has 0 fully saturated rings. The summed E-state index contributed by atoms with van der Waals surface area (Å²) in [6.07, 6.45) is 1.00. The van der Waals surface area contributed by atoms with Gasteiger partial charge in [-0.1, -0.05) is 42.8 Å². The molecule has 0 bridgehead atoms. The Morgan fingerprint density at radius 2 is 1.90 bits per heavy atom. The lowest BCUT2D eigenvalue weighted by atomic mass is 10.1. The molecule has 2 aromatic rings. The van der Waals surface area contributed by atoms with E-state index in [4.69, 9.17) is 17.3 Å². The summed E-state index contributed by atoms with van der Waals surface area (Å²) < 4.78 is 14.0. The molecule has 2 N–H and O–H groups in total. The van der Waals surface area contributed by atoms with Crippen molar-refractivity contribution in [3.63, 3.8) is 0 Å². The average Bonchev–Trinajstić information content (AvgIpc) is 2.44. The van der Waals surface area contributed by atoms with Crippen LogP contribution >= 0.6 is 11.6 Å². The predicted octanol–water partition coefficient (Wildman–Crippen LogP) is 4.47. The number of nitrogens with zero attached hydrogens (tertiary/aromatic N) is 1. The SMILES string of the molecule is CCCN(Cc1cccc(N)c1)Cc1cccc(Cl)c1F. The molecule has 0 radical (unpaired) electrons. The number of nitrogen functional groups attached to an aromatic ring is 1. The van der Waals surface area contributed by atoms with Crippen LogP contribution in [0.2, 0.25) is 5.02 Å². The van der Waals surface area contributed by atoms with Crippen LogP contribution in [0.1, 0.15) is 24.5 Å². The first-order chi connectivity index (χ1) is 10.1. The van der Waals surface area contributed by atoms with Gasteiger partial charge in [-0.2, -0.15) is 0 Å². The molecule has 0 amide bonds. The van der Waals surface area contributed by atoms with E-state index in [9.17, 15) is 4.39 Å². The van der Waals surface area contributed by atoms with Crippen molar-refractivity contribution in [2.24, 2.45) is 0 Å². The van der Waals surface area contributed by atoms with Crippen LogP contribution in [0, 0.1) is 5.82 Å². The van der Waals surface area contributed by atoms with Gasteiger partial charge in [-0.05, 0) is 36.7 Å². The molecule has 0 unspecified atom stereocenters. The highest BCUT2D eigenvalue weighted by Crippen LogP contribution is 2.20. The minimum absolute atomic E-state index is 0.174. The van der Waals surface area contributed by atoms with E-state index in [-0.39, 0.29) is 10.8 Å². The largest absolute Gasteiger partial charge is 0.399 e. The van der Waals surface area contributed by atoms with Crippen LogP contribution in [0.4, 0.5) is 10.1 Å². The molecule has 0 aliphatic heterocycles. The maximum Gasteiger partial charge on any atom is 0.146 e. The summed E-state index contributed by atoms with van der Waals surface area (Å²) in [4.78, 5) is 2.20. The number of hydrogen-bond acceptors (Lipinski definition) is 2. The highest BCUT2D eigenvalue weighted by molar-refractivity contribution is 6.30. The minimum Gasteiger partial charge on any atom is -0.399 e. The molecule has 2 rings (SSSR count). The van der Waals surface area contributed by atoms with Crippen LogP contribution in [0.3, 0.4) is 0 Å². The van der Waals surface area contributed by atoms with Crippen molar-refractivity contribution < 1.29 is 4.39 Å². The fourth-order valence-corrected chi connectivity index (χ4v) is 2.59. The summed E-state index contributed by atoms with van der Waals surface area (Å²) >= 11 is 5.85. The van der Waals surface area contributed by atoms with Gasteiger partial charge in [0, 0.05) is 24.3 Å². The number of hydrogen-bond donors (Lipinski definition) is 1. The summed E-state index contributed by atoms with van der Waals surface area (Å²) in [7, 11) is 0. The second-order valence-corrected chi connectivity index (χ2v) is 5.58. The van der Waals surface area contributed by atoms with Crippen LogP contribution in [0.5, 0.6) is 0 Å². The van der Waals surface area contributed by atoms with Gasteiger partial charge in [-0.25, -0.2) is 4.39 Å². The van der Waals surface area contributed by atoms with Crippen molar-refractivity contribution in [2.45, 2.75) is 26.4 Å². The van der Waals surface area contributed by atoms with Crippen molar-refractivity contribution in [1.29, 1.82) is 0 Å². The monoisotopic (exact) mass is 306 g/mol. The number of halogens is 2. The highest BCUT2D eigenvalue weighted by atomic mass is 35.5. The first kappa shape index (κ1) is 15.8. The molecule has 2 aromatic carbocycles. The summed E-state index contributed by atoms with van der Waals surface area (Å²) in [5.74, 6) is -0.326. The molecule has 0 aliphatic carbocycles.